The molecule has 3 nitrogen and oxygen atoms in total. The second kappa shape index (κ2) is 11.9. The third-order valence-electron chi connectivity index (χ3n) is 10.4. The Bertz CT molecular complexity index is 2490. The number of benzene rings is 7. The molecule has 7 aromatic carbocycles. The van der Waals surface area contributed by atoms with Crippen LogP contribution >= 0.6 is 0 Å². The molecular formula is C47H36BN3. The first-order chi connectivity index (χ1) is 24.9. The van der Waals surface area contributed by atoms with E-state index in [-0.39, 0.29) is 12.1 Å². The van der Waals surface area contributed by atoms with Gasteiger partial charge >= 0.3 is 0 Å². The molecule has 4 heteroatoms. The van der Waals surface area contributed by atoms with Gasteiger partial charge in [-0.05, 0) is 98.7 Å². The highest BCUT2D eigenvalue weighted by molar-refractivity contribution is 7.00. The van der Waals surface area contributed by atoms with Crippen molar-refractivity contribution in [1.29, 1.82) is 5.26 Å². The lowest BCUT2D eigenvalue weighted by atomic mass is 9.33. The SMILES string of the molecule is CC(C)(C)c1cc(-c2ccccc2)cc(N2c3ccccc3B3c4ccccc4N(c4ccc(C#N)cc4-c4ccccc4)c4cccc2c43)c1. The molecule has 2 heterocycles. The molecule has 0 saturated carbocycles. The highest BCUT2D eigenvalue weighted by Gasteiger charge is 2.43. The maximum atomic E-state index is 9.96. The third-order valence-corrected chi connectivity index (χ3v) is 10.4. The van der Waals surface area contributed by atoms with E-state index in [2.05, 4.69) is 182 Å². The minimum atomic E-state index is -0.0489. The molecule has 7 aromatic rings. The molecule has 0 unspecified atom stereocenters. The van der Waals surface area contributed by atoms with E-state index in [1.807, 2.05) is 18.2 Å². The van der Waals surface area contributed by atoms with E-state index in [0.29, 0.717) is 5.56 Å². The van der Waals surface area contributed by atoms with Crippen LogP contribution in [0.1, 0.15) is 31.9 Å². The van der Waals surface area contributed by atoms with Gasteiger partial charge in [-0.25, -0.2) is 0 Å². The van der Waals surface area contributed by atoms with Crippen LogP contribution in [0.3, 0.4) is 0 Å². The van der Waals surface area contributed by atoms with Crippen molar-refractivity contribution in [3.8, 4) is 28.3 Å². The molecule has 0 spiro atoms. The zero-order chi connectivity index (χ0) is 34.7. The van der Waals surface area contributed by atoms with Crippen LogP contribution in [0.2, 0.25) is 0 Å². The van der Waals surface area contributed by atoms with Crippen LogP contribution in [0.4, 0.5) is 34.1 Å². The molecule has 0 aromatic heterocycles. The largest absolute Gasteiger partial charge is 0.311 e. The van der Waals surface area contributed by atoms with E-state index in [1.54, 1.807) is 0 Å². The Kier molecular flexibility index (Phi) is 7.19. The van der Waals surface area contributed by atoms with Crippen molar-refractivity contribution in [2.45, 2.75) is 26.2 Å². The minimum Gasteiger partial charge on any atom is -0.311 e. The van der Waals surface area contributed by atoms with Crippen molar-refractivity contribution in [3.63, 3.8) is 0 Å². The average Bonchev–Trinajstić information content (AvgIpc) is 3.18. The molecule has 0 N–H and O–H groups in total. The highest BCUT2D eigenvalue weighted by atomic mass is 15.2. The number of para-hydroxylation sites is 2. The van der Waals surface area contributed by atoms with Gasteiger partial charge in [-0.2, -0.15) is 5.26 Å². The smallest absolute Gasteiger partial charge is 0.252 e. The molecule has 0 fully saturated rings. The van der Waals surface area contributed by atoms with Gasteiger partial charge in [0.15, 0.2) is 0 Å². The number of fused-ring (bicyclic) bond motifs is 4. The second-order valence-corrected chi connectivity index (χ2v) is 14.5. The zero-order valence-corrected chi connectivity index (χ0v) is 29.0. The first-order valence-electron chi connectivity index (χ1n) is 17.6. The van der Waals surface area contributed by atoms with Crippen LogP contribution in [0.25, 0.3) is 22.3 Å². The Labute approximate surface area is 300 Å². The number of hydrogen-bond donors (Lipinski definition) is 0. The number of nitriles is 1. The van der Waals surface area contributed by atoms with Gasteiger partial charge in [-0.1, -0.05) is 130 Å². The summed E-state index contributed by atoms with van der Waals surface area (Å²) in [4.78, 5) is 4.90. The molecule has 2 aliphatic rings. The van der Waals surface area contributed by atoms with E-state index in [9.17, 15) is 5.26 Å². The summed E-state index contributed by atoms with van der Waals surface area (Å²) in [5.41, 5.74) is 17.1. The Morgan fingerprint density at radius 3 is 1.71 bits per heavy atom. The number of anilines is 6. The normalized spacial score (nSPS) is 12.9. The topological polar surface area (TPSA) is 30.3 Å². The molecule has 51 heavy (non-hydrogen) atoms. The summed E-state index contributed by atoms with van der Waals surface area (Å²) in [5, 5.41) is 9.96. The van der Waals surface area contributed by atoms with Gasteiger partial charge in [-0.3, -0.25) is 0 Å². The van der Waals surface area contributed by atoms with Crippen LogP contribution in [0, 0.1) is 11.3 Å². The quantitative estimate of drug-likeness (QED) is 0.177. The molecule has 2 aliphatic heterocycles. The van der Waals surface area contributed by atoms with Gasteiger partial charge in [0.05, 0.1) is 17.3 Å². The molecule has 0 aliphatic carbocycles. The van der Waals surface area contributed by atoms with Crippen molar-refractivity contribution in [3.05, 3.63) is 175 Å². The van der Waals surface area contributed by atoms with Gasteiger partial charge < -0.3 is 9.80 Å². The number of hydrogen-bond acceptors (Lipinski definition) is 3. The lowest BCUT2D eigenvalue weighted by molar-refractivity contribution is 0.590. The Hall–Kier alpha value is -6.31. The Morgan fingerprint density at radius 2 is 1.06 bits per heavy atom. The fourth-order valence-electron chi connectivity index (χ4n) is 7.99. The first-order valence-corrected chi connectivity index (χ1v) is 17.6. The third kappa shape index (κ3) is 5.05. The predicted octanol–water partition coefficient (Wildman–Crippen LogP) is 10.3. The van der Waals surface area contributed by atoms with Crippen LogP contribution in [0.5, 0.6) is 0 Å². The van der Waals surface area contributed by atoms with Crippen molar-refractivity contribution < 1.29 is 0 Å². The maximum absolute atomic E-state index is 9.96. The van der Waals surface area contributed by atoms with Gasteiger partial charge in [0, 0.05) is 34.0 Å². The van der Waals surface area contributed by atoms with E-state index in [0.717, 1.165) is 33.9 Å². The maximum Gasteiger partial charge on any atom is 0.252 e. The van der Waals surface area contributed by atoms with Gasteiger partial charge in [0.25, 0.3) is 6.71 Å². The zero-order valence-electron chi connectivity index (χ0n) is 29.0. The van der Waals surface area contributed by atoms with E-state index in [1.165, 1.54) is 44.5 Å². The summed E-state index contributed by atoms with van der Waals surface area (Å²) in [6, 6.07) is 61.2. The lowest BCUT2D eigenvalue weighted by Gasteiger charge is -2.44. The first kappa shape index (κ1) is 30.7. The second-order valence-electron chi connectivity index (χ2n) is 14.5. The van der Waals surface area contributed by atoms with Crippen molar-refractivity contribution in [2.75, 3.05) is 9.80 Å². The summed E-state index contributed by atoms with van der Waals surface area (Å²) >= 11 is 0. The molecule has 0 bridgehead atoms. The Balaban J connectivity index is 1.33. The van der Waals surface area contributed by atoms with Crippen LogP contribution < -0.4 is 26.2 Å². The number of rotatable bonds is 4. The van der Waals surface area contributed by atoms with Crippen molar-refractivity contribution in [2.24, 2.45) is 0 Å². The molecule has 0 amide bonds. The van der Waals surface area contributed by atoms with Crippen LogP contribution in [-0.4, -0.2) is 6.71 Å². The van der Waals surface area contributed by atoms with E-state index >= 15 is 0 Å². The number of nitrogens with zero attached hydrogens (tertiary/aromatic N) is 3. The standard InChI is InChI=1S/C47H36BN3/c1-47(2,3)36-28-35(33-15-6-4-7-16-33)29-37(30-36)50-42-21-12-10-19-39(42)48-40-20-11-13-22-43(40)51(45-24-14-23-44(50)46(45)48)41-26-25-32(31-49)27-38(41)34-17-8-5-9-18-34/h4-30H,1-3H3. The molecule has 0 radical (unpaired) electrons. The lowest BCUT2D eigenvalue weighted by Crippen LogP contribution is -2.61. The molecule has 0 saturated heterocycles. The summed E-state index contributed by atoms with van der Waals surface area (Å²) in [6.07, 6.45) is 0. The van der Waals surface area contributed by atoms with E-state index < -0.39 is 0 Å². The molecule has 0 atom stereocenters. The summed E-state index contributed by atoms with van der Waals surface area (Å²) in [7, 11) is 0. The van der Waals surface area contributed by atoms with Crippen LogP contribution in [-0.2, 0) is 5.41 Å². The fraction of sp³-hybridized carbons (Fsp3) is 0.0851. The van der Waals surface area contributed by atoms with Gasteiger partial charge in [0.2, 0.25) is 0 Å². The van der Waals surface area contributed by atoms with E-state index in [4.69, 9.17) is 0 Å². The predicted molar refractivity (Wildman–Crippen MR) is 215 cm³/mol. The monoisotopic (exact) mass is 653 g/mol. The fourth-order valence-corrected chi connectivity index (χ4v) is 7.99. The molecule has 242 valence electrons. The average molecular weight is 654 g/mol. The highest BCUT2D eigenvalue weighted by Crippen LogP contribution is 2.47. The summed E-state index contributed by atoms with van der Waals surface area (Å²) in [6.45, 7) is 6.93. The van der Waals surface area contributed by atoms with Gasteiger partial charge in [-0.15, -0.1) is 0 Å². The Morgan fingerprint density at radius 1 is 0.490 bits per heavy atom. The summed E-state index contributed by atoms with van der Waals surface area (Å²) < 4.78 is 0. The summed E-state index contributed by atoms with van der Waals surface area (Å²) in [5.74, 6) is 0. The molecular weight excluding hydrogens is 617 g/mol. The van der Waals surface area contributed by atoms with Gasteiger partial charge in [0.1, 0.15) is 0 Å². The van der Waals surface area contributed by atoms with Crippen molar-refractivity contribution >= 4 is 57.2 Å². The van der Waals surface area contributed by atoms with Crippen molar-refractivity contribution in [1.82, 2.24) is 0 Å². The van der Waals surface area contributed by atoms with Crippen LogP contribution in [0.15, 0.2) is 164 Å². The minimum absolute atomic E-state index is 0.0489. The molecule has 9 rings (SSSR count).